The average Bonchev–Trinajstić information content (AvgIpc) is 2.78. The van der Waals surface area contributed by atoms with E-state index in [0.717, 1.165) is 4.47 Å². The van der Waals surface area contributed by atoms with Gasteiger partial charge in [0.1, 0.15) is 5.75 Å². The fourth-order valence-corrected chi connectivity index (χ4v) is 3.38. The molecule has 3 N–H and O–H groups in total. The molecule has 3 aromatic carbocycles. The van der Waals surface area contributed by atoms with Gasteiger partial charge in [-0.25, -0.2) is 5.43 Å². The highest BCUT2D eigenvalue weighted by atomic mass is 79.9. The molecule has 0 saturated carbocycles. The molecule has 0 atom stereocenters. The van der Waals surface area contributed by atoms with Crippen molar-refractivity contribution in [1.29, 1.82) is 0 Å². The van der Waals surface area contributed by atoms with Gasteiger partial charge in [-0.05, 0) is 54.6 Å². The normalized spacial score (nSPS) is 10.6. The lowest BCUT2D eigenvalue weighted by Crippen LogP contribution is -2.32. The number of rotatable bonds is 7. The smallest absolute Gasteiger partial charge is 0.329 e. The van der Waals surface area contributed by atoms with E-state index in [0.29, 0.717) is 32.7 Å². The van der Waals surface area contributed by atoms with Crippen molar-refractivity contribution in [3.63, 3.8) is 0 Å². The van der Waals surface area contributed by atoms with Gasteiger partial charge in [-0.2, -0.15) is 5.10 Å². The van der Waals surface area contributed by atoms with Crippen LogP contribution < -0.4 is 20.8 Å². The third-order valence-corrected chi connectivity index (χ3v) is 5.06. The summed E-state index contributed by atoms with van der Waals surface area (Å²) in [6.07, 6.45) is 1.29. The Labute approximate surface area is 213 Å². The number of halogens is 3. The van der Waals surface area contributed by atoms with E-state index in [1.807, 2.05) is 0 Å². The highest BCUT2D eigenvalue weighted by Gasteiger charge is 2.13. The second kappa shape index (κ2) is 12.2. The molecule has 174 valence electrons. The first kappa shape index (κ1) is 25.2. The molecule has 0 aliphatic rings. The number of nitrogens with zero attached hydrogens (tertiary/aromatic N) is 1. The molecule has 8 nitrogen and oxygen atoms in total. The highest BCUT2D eigenvalue weighted by molar-refractivity contribution is 9.10. The van der Waals surface area contributed by atoms with E-state index in [9.17, 15) is 14.4 Å². The van der Waals surface area contributed by atoms with E-state index in [1.54, 1.807) is 60.7 Å². The predicted octanol–water partition coefficient (Wildman–Crippen LogP) is 4.86. The maximum Gasteiger partial charge on any atom is 0.329 e. The Morgan fingerprint density at radius 3 is 2.18 bits per heavy atom. The van der Waals surface area contributed by atoms with Crippen LogP contribution >= 0.6 is 39.1 Å². The summed E-state index contributed by atoms with van der Waals surface area (Å²) in [6, 6.07) is 18.1. The van der Waals surface area contributed by atoms with Crippen LogP contribution in [0.1, 0.15) is 5.56 Å². The molecule has 0 heterocycles. The van der Waals surface area contributed by atoms with Gasteiger partial charge in [0.15, 0.2) is 6.61 Å². The number of nitrogens with one attached hydrogen (secondary N) is 3. The summed E-state index contributed by atoms with van der Waals surface area (Å²) in [5, 5.41) is 9.80. The van der Waals surface area contributed by atoms with E-state index >= 15 is 0 Å². The van der Waals surface area contributed by atoms with Gasteiger partial charge in [-0.3, -0.25) is 14.4 Å². The van der Waals surface area contributed by atoms with Gasteiger partial charge >= 0.3 is 11.8 Å². The quantitative estimate of drug-likeness (QED) is 0.216. The van der Waals surface area contributed by atoms with Crippen LogP contribution in [0.25, 0.3) is 0 Å². The summed E-state index contributed by atoms with van der Waals surface area (Å²) in [6.45, 7) is -0.274. The van der Waals surface area contributed by atoms with Gasteiger partial charge in [0.2, 0.25) is 0 Å². The fraction of sp³-hybridized carbons (Fsp3) is 0.0435. The number of hydrazone groups is 1. The van der Waals surface area contributed by atoms with Crippen molar-refractivity contribution < 1.29 is 19.1 Å². The molecule has 0 aliphatic heterocycles. The first-order valence-electron chi connectivity index (χ1n) is 9.68. The lowest BCUT2D eigenvalue weighted by atomic mass is 10.2. The van der Waals surface area contributed by atoms with E-state index in [2.05, 4.69) is 37.1 Å². The molecular formula is C23H17BrCl2N4O4. The number of amides is 3. The van der Waals surface area contributed by atoms with E-state index in [1.165, 1.54) is 12.3 Å². The molecule has 3 amide bonds. The molecule has 0 fully saturated rings. The molecule has 3 rings (SSSR count). The van der Waals surface area contributed by atoms with Gasteiger partial charge in [-0.1, -0.05) is 51.3 Å². The number of hydrogen-bond donors (Lipinski definition) is 3. The molecular weight excluding hydrogens is 547 g/mol. The number of carbonyl (C=O) groups is 3. The fourth-order valence-electron chi connectivity index (χ4n) is 2.62. The van der Waals surface area contributed by atoms with Crippen molar-refractivity contribution in [2.75, 3.05) is 17.2 Å². The van der Waals surface area contributed by atoms with Crippen molar-refractivity contribution in [3.8, 4) is 5.75 Å². The molecule has 0 radical (unpaired) electrons. The Hall–Kier alpha value is -3.40. The Morgan fingerprint density at radius 2 is 1.53 bits per heavy atom. The molecule has 0 bridgehead atoms. The van der Waals surface area contributed by atoms with Crippen LogP contribution in [-0.4, -0.2) is 30.5 Å². The largest absolute Gasteiger partial charge is 0.483 e. The summed E-state index contributed by atoms with van der Waals surface area (Å²) < 4.78 is 6.31. The third-order valence-electron chi connectivity index (χ3n) is 4.10. The number of benzene rings is 3. The second-order valence-corrected chi connectivity index (χ2v) is 8.48. The van der Waals surface area contributed by atoms with E-state index in [4.69, 9.17) is 27.9 Å². The minimum Gasteiger partial charge on any atom is -0.483 e. The number of carbonyl (C=O) groups excluding carboxylic acids is 3. The van der Waals surface area contributed by atoms with E-state index in [-0.39, 0.29) is 12.5 Å². The van der Waals surface area contributed by atoms with Crippen LogP contribution in [0.5, 0.6) is 5.75 Å². The van der Waals surface area contributed by atoms with Crippen LogP contribution in [0.2, 0.25) is 10.0 Å². The number of anilines is 2. The first-order chi connectivity index (χ1) is 16.3. The maximum absolute atomic E-state index is 12.2. The number of ether oxygens (including phenoxy) is 1. The number of hydrogen-bond acceptors (Lipinski definition) is 5. The van der Waals surface area contributed by atoms with Crippen LogP contribution in [0.3, 0.4) is 0 Å². The minimum atomic E-state index is -0.977. The lowest BCUT2D eigenvalue weighted by molar-refractivity contribution is -0.136. The van der Waals surface area contributed by atoms with Gasteiger partial charge < -0.3 is 15.4 Å². The standard InChI is InChI=1S/C23H17BrCl2N4O4/c24-15-7-8-20(34-13-21(31)28-18-5-1-3-16(25)10-18)14(9-15)12-27-30-23(33)22(32)29-19-6-2-4-17(26)11-19/h1-12H,13H2,(H,28,31)(H,29,32)(H,30,33)/b27-12-. The zero-order chi connectivity index (χ0) is 24.5. The summed E-state index contributed by atoms with van der Waals surface area (Å²) in [5.41, 5.74) is 3.51. The summed E-state index contributed by atoms with van der Waals surface area (Å²) in [4.78, 5) is 36.2. The minimum absolute atomic E-state index is 0.274. The maximum atomic E-state index is 12.2. The van der Waals surface area contributed by atoms with Crippen LogP contribution in [0.15, 0.2) is 76.3 Å². The SMILES string of the molecule is O=C(COc1ccc(Br)cc1/C=N\NC(=O)C(=O)Nc1cccc(Cl)c1)Nc1cccc(Cl)c1. The zero-order valence-corrected chi connectivity index (χ0v) is 20.4. The summed E-state index contributed by atoms with van der Waals surface area (Å²) >= 11 is 15.1. The van der Waals surface area contributed by atoms with Crippen molar-refractivity contribution >= 4 is 74.4 Å². The Balaban J connectivity index is 1.57. The summed E-state index contributed by atoms with van der Waals surface area (Å²) in [7, 11) is 0. The summed E-state index contributed by atoms with van der Waals surface area (Å²) in [5.74, 6) is -1.94. The van der Waals surface area contributed by atoms with Crippen molar-refractivity contribution in [3.05, 3.63) is 86.8 Å². The molecule has 34 heavy (non-hydrogen) atoms. The van der Waals surface area contributed by atoms with Crippen LogP contribution in [-0.2, 0) is 14.4 Å². The van der Waals surface area contributed by atoms with Gasteiger partial charge in [-0.15, -0.1) is 0 Å². The molecule has 11 heteroatoms. The Morgan fingerprint density at radius 1 is 0.882 bits per heavy atom. The first-order valence-corrected chi connectivity index (χ1v) is 11.2. The lowest BCUT2D eigenvalue weighted by Gasteiger charge is -2.10. The molecule has 0 aliphatic carbocycles. The molecule has 0 spiro atoms. The molecule has 0 aromatic heterocycles. The van der Waals surface area contributed by atoms with Crippen LogP contribution in [0.4, 0.5) is 11.4 Å². The molecule has 0 unspecified atom stereocenters. The molecule has 3 aromatic rings. The topological polar surface area (TPSA) is 109 Å². The zero-order valence-electron chi connectivity index (χ0n) is 17.3. The van der Waals surface area contributed by atoms with E-state index < -0.39 is 11.8 Å². The Bertz CT molecular complexity index is 1250. The van der Waals surface area contributed by atoms with Gasteiger partial charge in [0, 0.05) is 31.5 Å². The average molecular weight is 564 g/mol. The van der Waals surface area contributed by atoms with Crippen molar-refractivity contribution in [2.45, 2.75) is 0 Å². The van der Waals surface area contributed by atoms with Crippen LogP contribution in [0, 0.1) is 0 Å². The third kappa shape index (κ3) is 7.87. The Kier molecular flexibility index (Phi) is 9.03. The van der Waals surface area contributed by atoms with Crippen molar-refractivity contribution in [1.82, 2.24) is 5.43 Å². The van der Waals surface area contributed by atoms with Crippen molar-refractivity contribution in [2.24, 2.45) is 5.10 Å². The predicted molar refractivity (Wildman–Crippen MR) is 136 cm³/mol. The van der Waals surface area contributed by atoms with Gasteiger partial charge in [0.25, 0.3) is 5.91 Å². The molecule has 0 saturated heterocycles. The van der Waals surface area contributed by atoms with Gasteiger partial charge in [0.05, 0.1) is 6.21 Å². The second-order valence-electron chi connectivity index (χ2n) is 6.69. The highest BCUT2D eigenvalue weighted by Crippen LogP contribution is 2.22. The monoisotopic (exact) mass is 562 g/mol.